The van der Waals surface area contributed by atoms with E-state index in [-0.39, 0.29) is 18.1 Å². The number of anilines is 1. The molecular formula is C12H19F3N4O2. The standard InChI is InChI=1S/C12H19F3N4O2/c1-5-6-16-9-17-10(20-7(2)3)19-11(18-9)21-8(4)12(13,14)15/h7-8H,5-6H2,1-4H3,(H,16,17,18,19). The van der Waals surface area contributed by atoms with Crippen LogP contribution in [-0.4, -0.2) is 39.9 Å². The van der Waals surface area contributed by atoms with Gasteiger partial charge in [0.05, 0.1) is 6.10 Å². The molecule has 0 aromatic carbocycles. The fourth-order valence-corrected chi connectivity index (χ4v) is 1.20. The predicted molar refractivity (Wildman–Crippen MR) is 70.5 cm³/mol. The van der Waals surface area contributed by atoms with Gasteiger partial charge in [-0.2, -0.15) is 23.1 Å². The molecule has 6 nitrogen and oxygen atoms in total. The summed E-state index contributed by atoms with van der Waals surface area (Å²) in [7, 11) is 0. The highest BCUT2D eigenvalue weighted by atomic mass is 19.4. The molecule has 0 radical (unpaired) electrons. The molecule has 9 heteroatoms. The van der Waals surface area contributed by atoms with Crippen LogP contribution < -0.4 is 14.8 Å². The zero-order valence-corrected chi connectivity index (χ0v) is 12.4. The number of nitrogens with one attached hydrogen (secondary N) is 1. The van der Waals surface area contributed by atoms with Crippen molar-refractivity contribution in [3.05, 3.63) is 0 Å². The Morgan fingerprint density at radius 3 is 2.10 bits per heavy atom. The van der Waals surface area contributed by atoms with Crippen molar-refractivity contribution in [2.24, 2.45) is 0 Å². The number of aromatic nitrogens is 3. The van der Waals surface area contributed by atoms with Gasteiger partial charge in [0.15, 0.2) is 6.10 Å². The lowest BCUT2D eigenvalue weighted by atomic mass is 10.4. The van der Waals surface area contributed by atoms with Gasteiger partial charge in [0.1, 0.15) is 0 Å². The highest BCUT2D eigenvalue weighted by molar-refractivity contribution is 5.27. The molecular weight excluding hydrogens is 289 g/mol. The van der Waals surface area contributed by atoms with Crippen LogP contribution in [0.2, 0.25) is 0 Å². The van der Waals surface area contributed by atoms with Crippen molar-refractivity contribution >= 4 is 5.95 Å². The lowest BCUT2D eigenvalue weighted by molar-refractivity contribution is -0.190. The van der Waals surface area contributed by atoms with E-state index in [2.05, 4.69) is 20.3 Å². The topological polar surface area (TPSA) is 69.2 Å². The Morgan fingerprint density at radius 1 is 1.05 bits per heavy atom. The molecule has 1 N–H and O–H groups in total. The Balaban J connectivity index is 2.95. The first kappa shape index (κ1) is 17.3. The fourth-order valence-electron chi connectivity index (χ4n) is 1.20. The van der Waals surface area contributed by atoms with Gasteiger partial charge < -0.3 is 14.8 Å². The van der Waals surface area contributed by atoms with E-state index in [1.54, 1.807) is 13.8 Å². The minimum absolute atomic E-state index is 0.0806. The molecule has 0 saturated carbocycles. The molecule has 0 spiro atoms. The smallest absolute Gasteiger partial charge is 0.425 e. The van der Waals surface area contributed by atoms with E-state index < -0.39 is 18.3 Å². The molecule has 0 aliphatic rings. The van der Waals surface area contributed by atoms with E-state index >= 15 is 0 Å². The van der Waals surface area contributed by atoms with Crippen molar-refractivity contribution in [1.29, 1.82) is 0 Å². The number of rotatable bonds is 7. The van der Waals surface area contributed by atoms with Crippen molar-refractivity contribution in [3.63, 3.8) is 0 Å². The van der Waals surface area contributed by atoms with Crippen LogP contribution in [0.5, 0.6) is 12.0 Å². The molecule has 0 aliphatic carbocycles. The van der Waals surface area contributed by atoms with Crippen LogP contribution in [0.25, 0.3) is 0 Å². The molecule has 1 unspecified atom stereocenters. The van der Waals surface area contributed by atoms with Gasteiger partial charge in [-0.25, -0.2) is 0 Å². The van der Waals surface area contributed by atoms with Gasteiger partial charge in [0, 0.05) is 6.54 Å². The second kappa shape index (κ2) is 7.28. The zero-order valence-electron chi connectivity index (χ0n) is 12.4. The first-order valence-electron chi connectivity index (χ1n) is 6.62. The van der Waals surface area contributed by atoms with Crippen molar-refractivity contribution in [3.8, 4) is 12.0 Å². The Labute approximate surface area is 121 Å². The molecule has 1 rings (SSSR count). The lowest BCUT2D eigenvalue weighted by Crippen LogP contribution is -2.32. The van der Waals surface area contributed by atoms with Crippen LogP contribution in [0.3, 0.4) is 0 Å². The van der Waals surface area contributed by atoms with E-state index in [0.29, 0.717) is 6.54 Å². The van der Waals surface area contributed by atoms with Crippen LogP contribution in [0.4, 0.5) is 19.1 Å². The van der Waals surface area contributed by atoms with Crippen LogP contribution in [0.1, 0.15) is 34.1 Å². The monoisotopic (exact) mass is 308 g/mol. The molecule has 0 bridgehead atoms. The number of ether oxygens (including phenoxy) is 2. The summed E-state index contributed by atoms with van der Waals surface area (Å²) in [4.78, 5) is 11.5. The van der Waals surface area contributed by atoms with E-state index in [4.69, 9.17) is 9.47 Å². The Kier molecular flexibility index (Phi) is 5.98. The maximum atomic E-state index is 12.5. The highest BCUT2D eigenvalue weighted by Crippen LogP contribution is 2.24. The third kappa shape index (κ3) is 6.01. The number of nitrogens with zero attached hydrogens (tertiary/aromatic N) is 3. The lowest BCUT2D eigenvalue weighted by Gasteiger charge is -2.17. The van der Waals surface area contributed by atoms with Gasteiger partial charge in [0.25, 0.3) is 0 Å². The molecule has 1 aromatic heterocycles. The molecule has 1 atom stereocenters. The third-order valence-electron chi connectivity index (χ3n) is 2.21. The van der Waals surface area contributed by atoms with Crippen molar-refractivity contribution in [2.45, 2.75) is 52.5 Å². The molecule has 120 valence electrons. The van der Waals surface area contributed by atoms with E-state index in [9.17, 15) is 13.2 Å². The molecule has 1 aromatic rings. The quantitative estimate of drug-likeness (QED) is 0.835. The summed E-state index contributed by atoms with van der Waals surface area (Å²) < 4.78 is 47.5. The van der Waals surface area contributed by atoms with Gasteiger partial charge in [-0.15, -0.1) is 4.98 Å². The molecule has 21 heavy (non-hydrogen) atoms. The summed E-state index contributed by atoms with van der Waals surface area (Å²) in [5.74, 6) is 0.117. The first-order chi connectivity index (χ1) is 9.72. The van der Waals surface area contributed by atoms with Crippen LogP contribution in [-0.2, 0) is 0 Å². The average molecular weight is 308 g/mol. The summed E-state index contributed by atoms with van der Waals surface area (Å²) in [5, 5.41) is 2.86. The predicted octanol–water partition coefficient (Wildman–Crippen LogP) is 2.81. The fraction of sp³-hybridized carbons (Fsp3) is 0.750. The normalized spacial score (nSPS) is 13.1. The number of halogens is 3. The maximum Gasteiger partial charge on any atom is 0.425 e. The van der Waals surface area contributed by atoms with Crippen LogP contribution in [0, 0.1) is 0 Å². The summed E-state index contributed by atoms with van der Waals surface area (Å²) in [5.41, 5.74) is 0. The maximum absolute atomic E-state index is 12.5. The number of hydrogen-bond acceptors (Lipinski definition) is 6. The Morgan fingerprint density at radius 2 is 1.62 bits per heavy atom. The van der Waals surface area contributed by atoms with Crippen LogP contribution >= 0.6 is 0 Å². The average Bonchev–Trinajstić information content (AvgIpc) is 2.34. The van der Waals surface area contributed by atoms with E-state index in [1.165, 1.54) is 0 Å². The molecule has 0 aliphatic heterocycles. The number of hydrogen-bond donors (Lipinski definition) is 1. The number of alkyl halides is 3. The summed E-state index contributed by atoms with van der Waals surface area (Å²) in [6.07, 6.45) is -5.94. The summed E-state index contributed by atoms with van der Waals surface area (Å²) in [6.45, 7) is 6.89. The van der Waals surface area contributed by atoms with Gasteiger partial charge in [-0.05, 0) is 27.2 Å². The van der Waals surface area contributed by atoms with Gasteiger partial charge in [-0.1, -0.05) is 6.92 Å². The minimum Gasteiger partial charge on any atom is -0.461 e. The van der Waals surface area contributed by atoms with Crippen LogP contribution in [0.15, 0.2) is 0 Å². The molecule has 0 saturated heterocycles. The summed E-state index contributed by atoms with van der Waals surface area (Å²) in [6, 6.07) is -0.507. The van der Waals surface area contributed by atoms with Crippen molar-refractivity contribution < 1.29 is 22.6 Å². The Bertz CT molecular complexity index is 455. The van der Waals surface area contributed by atoms with Gasteiger partial charge >= 0.3 is 18.2 Å². The minimum atomic E-state index is -4.50. The van der Waals surface area contributed by atoms with E-state index in [0.717, 1.165) is 13.3 Å². The van der Waals surface area contributed by atoms with Gasteiger partial charge in [-0.3, -0.25) is 0 Å². The second-order valence-corrected chi connectivity index (χ2v) is 4.62. The summed E-state index contributed by atoms with van der Waals surface area (Å²) >= 11 is 0. The SMILES string of the molecule is CCCNc1nc(OC(C)C)nc(OC(C)C(F)(F)F)n1. The zero-order chi connectivity index (χ0) is 16.0. The first-order valence-corrected chi connectivity index (χ1v) is 6.62. The van der Waals surface area contributed by atoms with Crippen molar-refractivity contribution in [1.82, 2.24) is 15.0 Å². The molecule has 0 amide bonds. The van der Waals surface area contributed by atoms with E-state index in [1.807, 2.05) is 6.92 Å². The molecule has 1 heterocycles. The third-order valence-corrected chi connectivity index (χ3v) is 2.21. The highest BCUT2D eigenvalue weighted by Gasteiger charge is 2.38. The largest absolute Gasteiger partial charge is 0.461 e. The van der Waals surface area contributed by atoms with Gasteiger partial charge in [0.2, 0.25) is 5.95 Å². The molecule has 0 fully saturated rings. The second-order valence-electron chi connectivity index (χ2n) is 4.62. The van der Waals surface area contributed by atoms with Crippen molar-refractivity contribution in [2.75, 3.05) is 11.9 Å². The Hall–Kier alpha value is -1.80.